The molecule has 0 saturated carbocycles. The number of amides is 1. The fraction of sp³-hybridized carbons (Fsp3) is 0.900. The van der Waals surface area contributed by atoms with Gasteiger partial charge >= 0.3 is 0 Å². The zero-order valence-electron chi connectivity index (χ0n) is 9.36. The Morgan fingerprint density at radius 3 is 2.62 bits per heavy atom. The van der Waals surface area contributed by atoms with Crippen LogP contribution in [0.5, 0.6) is 0 Å². The van der Waals surface area contributed by atoms with E-state index in [0.29, 0.717) is 26.2 Å². The standard InChI is InChI=1S/C10H17NO4S/c1-10(6-15-7-10)5-11-9(12)8-2-3-16(13,14)4-8/h8H,2-7H2,1H3,(H,11,12). The van der Waals surface area contributed by atoms with Crippen LogP contribution in [0.15, 0.2) is 0 Å². The Bertz CT molecular complexity index is 386. The normalized spacial score (nSPS) is 30.7. The molecule has 0 aliphatic carbocycles. The van der Waals surface area contributed by atoms with E-state index in [1.165, 1.54) is 0 Å². The minimum absolute atomic E-state index is 0.00600. The van der Waals surface area contributed by atoms with Gasteiger partial charge in [-0.3, -0.25) is 4.79 Å². The molecule has 16 heavy (non-hydrogen) atoms. The van der Waals surface area contributed by atoms with E-state index in [2.05, 4.69) is 5.32 Å². The van der Waals surface area contributed by atoms with E-state index >= 15 is 0 Å². The highest BCUT2D eigenvalue weighted by molar-refractivity contribution is 7.91. The Morgan fingerprint density at radius 1 is 1.50 bits per heavy atom. The first-order chi connectivity index (χ1) is 7.40. The smallest absolute Gasteiger partial charge is 0.224 e. The Morgan fingerprint density at radius 2 is 2.19 bits per heavy atom. The van der Waals surface area contributed by atoms with Crippen LogP contribution in [0.25, 0.3) is 0 Å². The number of ether oxygens (including phenoxy) is 1. The number of hydrogen-bond donors (Lipinski definition) is 1. The molecule has 6 heteroatoms. The Kier molecular flexibility index (Phi) is 2.96. The molecule has 1 N–H and O–H groups in total. The van der Waals surface area contributed by atoms with Crippen molar-refractivity contribution >= 4 is 15.7 Å². The number of nitrogens with one attached hydrogen (secondary N) is 1. The Labute approximate surface area is 95.5 Å². The fourth-order valence-corrected chi connectivity index (χ4v) is 3.74. The zero-order chi connectivity index (χ0) is 11.8. The van der Waals surface area contributed by atoms with Crippen molar-refractivity contribution in [3.05, 3.63) is 0 Å². The van der Waals surface area contributed by atoms with E-state index < -0.39 is 9.84 Å². The molecule has 2 fully saturated rings. The molecule has 1 unspecified atom stereocenters. The largest absolute Gasteiger partial charge is 0.380 e. The lowest BCUT2D eigenvalue weighted by atomic mass is 9.88. The minimum atomic E-state index is -2.97. The molecule has 0 aromatic carbocycles. The van der Waals surface area contributed by atoms with E-state index in [1.54, 1.807) is 0 Å². The quantitative estimate of drug-likeness (QED) is 0.735. The van der Waals surface area contributed by atoms with Crippen LogP contribution in [-0.4, -0.2) is 45.6 Å². The molecule has 2 aliphatic heterocycles. The van der Waals surface area contributed by atoms with Gasteiger partial charge in [-0.1, -0.05) is 6.92 Å². The Balaban J connectivity index is 1.80. The van der Waals surface area contributed by atoms with E-state index in [0.717, 1.165) is 0 Å². The van der Waals surface area contributed by atoms with Crippen LogP contribution in [0.1, 0.15) is 13.3 Å². The van der Waals surface area contributed by atoms with Gasteiger partial charge in [0.15, 0.2) is 9.84 Å². The van der Waals surface area contributed by atoms with Crippen molar-refractivity contribution in [2.45, 2.75) is 13.3 Å². The predicted molar refractivity (Wildman–Crippen MR) is 58.7 cm³/mol. The molecule has 92 valence electrons. The van der Waals surface area contributed by atoms with E-state index in [9.17, 15) is 13.2 Å². The highest BCUT2D eigenvalue weighted by atomic mass is 32.2. The van der Waals surface area contributed by atoms with Gasteiger partial charge in [-0.15, -0.1) is 0 Å². The van der Waals surface area contributed by atoms with Crippen LogP contribution in [-0.2, 0) is 19.4 Å². The molecule has 2 rings (SSSR count). The summed E-state index contributed by atoms with van der Waals surface area (Å²) in [4.78, 5) is 11.7. The van der Waals surface area contributed by atoms with Crippen LogP contribution in [0.2, 0.25) is 0 Å². The van der Waals surface area contributed by atoms with Gasteiger partial charge in [-0.2, -0.15) is 0 Å². The second-order valence-corrected chi connectivity index (χ2v) is 7.35. The molecular formula is C10H17NO4S. The maximum atomic E-state index is 11.7. The highest BCUT2D eigenvalue weighted by Gasteiger charge is 2.36. The minimum Gasteiger partial charge on any atom is -0.380 e. The first-order valence-electron chi connectivity index (χ1n) is 5.46. The van der Waals surface area contributed by atoms with Crippen LogP contribution in [0, 0.1) is 11.3 Å². The number of rotatable bonds is 3. The molecule has 0 radical (unpaired) electrons. The monoisotopic (exact) mass is 247 g/mol. The lowest BCUT2D eigenvalue weighted by Crippen LogP contribution is -2.49. The molecule has 2 saturated heterocycles. The summed E-state index contributed by atoms with van der Waals surface area (Å²) in [5.74, 6) is -0.332. The number of carbonyl (C=O) groups is 1. The molecule has 2 heterocycles. The zero-order valence-corrected chi connectivity index (χ0v) is 10.2. The van der Waals surface area contributed by atoms with Gasteiger partial charge in [0.25, 0.3) is 0 Å². The summed E-state index contributed by atoms with van der Waals surface area (Å²) < 4.78 is 27.5. The molecule has 0 aromatic rings. The number of hydrogen-bond acceptors (Lipinski definition) is 4. The van der Waals surface area contributed by atoms with Crippen LogP contribution in [0.3, 0.4) is 0 Å². The third kappa shape index (κ3) is 2.55. The average molecular weight is 247 g/mol. The summed E-state index contributed by atoms with van der Waals surface area (Å²) >= 11 is 0. The summed E-state index contributed by atoms with van der Waals surface area (Å²) in [6.45, 7) is 3.94. The van der Waals surface area contributed by atoms with E-state index in [4.69, 9.17) is 4.74 Å². The van der Waals surface area contributed by atoms with Crippen molar-refractivity contribution in [2.75, 3.05) is 31.3 Å². The molecule has 0 aromatic heterocycles. The van der Waals surface area contributed by atoms with Crippen molar-refractivity contribution in [3.63, 3.8) is 0 Å². The lowest BCUT2D eigenvalue weighted by Gasteiger charge is -2.38. The third-order valence-electron chi connectivity index (χ3n) is 3.19. The van der Waals surface area contributed by atoms with Gasteiger partial charge < -0.3 is 10.1 Å². The van der Waals surface area contributed by atoms with Crippen LogP contribution in [0.4, 0.5) is 0 Å². The van der Waals surface area contributed by atoms with Gasteiger partial charge in [-0.25, -0.2) is 8.42 Å². The summed E-state index contributed by atoms with van der Waals surface area (Å²) in [7, 11) is -2.97. The predicted octanol–water partition coefficient (Wildman–Crippen LogP) is -0.426. The summed E-state index contributed by atoms with van der Waals surface area (Å²) in [5.41, 5.74) is 0.0349. The highest BCUT2D eigenvalue weighted by Crippen LogP contribution is 2.25. The molecule has 0 bridgehead atoms. The van der Waals surface area contributed by atoms with E-state index in [-0.39, 0.29) is 28.7 Å². The van der Waals surface area contributed by atoms with E-state index in [1.807, 2.05) is 6.92 Å². The SMILES string of the molecule is CC1(CNC(=O)C2CCS(=O)(=O)C2)COC1. The van der Waals surface area contributed by atoms with Gasteiger partial charge in [0, 0.05) is 12.0 Å². The van der Waals surface area contributed by atoms with Gasteiger partial charge in [-0.05, 0) is 6.42 Å². The van der Waals surface area contributed by atoms with Crippen LogP contribution >= 0.6 is 0 Å². The number of sulfone groups is 1. The van der Waals surface area contributed by atoms with Crippen molar-refractivity contribution in [2.24, 2.45) is 11.3 Å². The van der Waals surface area contributed by atoms with Crippen molar-refractivity contribution < 1.29 is 17.9 Å². The second-order valence-electron chi connectivity index (χ2n) is 5.12. The second kappa shape index (κ2) is 4.00. The Hall–Kier alpha value is -0.620. The molecule has 1 atom stereocenters. The van der Waals surface area contributed by atoms with Gasteiger partial charge in [0.05, 0.1) is 30.6 Å². The maximum Gasteiger partial charge on any atom is 0.224 e. The molecular weight excluding hydrogens is 230 g/mol. The summed E-state index contributed by atoms with van der Waals surface area (Å²) in [6, 6.07) is 0. The topological polar surface area (TPSA) is 72.5 Å². The molecule has 0 spiro atoms. The fourth-order valence-electron chi connectivity index (χ4n) is 2.00. The lowest BCUT2D eigenvalue weighted by molar-refractivity contribution is -0.129. The van der Waals surface area contributed by atoms with Gasteiger partial charge in [0.1, 0.15) is 0 Å². The summed E-state index contributed by atoms with van der Waals surface area (Å²) in [5, 5.41) is 2.82. The summed E-state index contributed by atoms with van der Waals surface area (Å²) in [6.07, 6.45) is 0.460. The van der Waals surface area contributed by atoms with Crippen molar-refractivity contribution in [3.8, 4) is 0 Å². The van der Waals surface area contributed by atoms with Crippen LogP contribution < -0.4 is 5.32 Å². The van der Waals surface area contributed by atoms with Crippen molar-refractivity contribution in [1.82, 2.24) is 5.32 Å². The molecule has 5 nitrogen and oxygen atoms in total. The molecule has 1 amide bonds. The first-order valence-corrected chi connectivity index (χ1v) is 7.28. The number of carbonyl (C=O) groups excluding carboxylic acids is 1. The third-order valence-corrected chi connectivity index (χ3v) is 4.96. The first kappa shape index (κ1) is 11.9. The van der Waals surface area contributed by atoms with Gasteiger partial charge in [0.2, 0.25) is 5.91 Å². The molecule has 2 aliphatic rings. The maximum absolute atomic E-state index is 11.7. The average Bonchev–Trinajstić information content (AvgIpc) is 2.52. The van der Waals surface area contributed by atoms with Crippen molar-refractivity contribution in [1.29, 1.82) is 0 Å².